The van der Waals surface area contributed by atoms with Crippen molar-refractivity contribution in [3.8, 4) is 0 Å². The van der Waals surface area contributed by atoms with Crippen molar-refractivity contribution in [2.45, 2.75) is 33.7 Å². The van der Waals surface area contributed by atoms with Crippen molar-refractivity contribution in [1.29, 1.82) is 0 Å². The van der Waals surface area contributed by atoms with Crippen LogP contribution in [0.2, 0.25) is 5.15 Å². The molecule has 0 aliphatic rings. The fraction of sp³-hybridized carbons (Fsp3) is 0.778. The summed E-state index contributed by atoms with van der Waals surface area (Å²) in [6.45, 7) is 9.60. The smallest absolute Gasteiger partial charge is 0.187 e. The Morgan fingerprint density at radius 2 is 1.93 bits per heavy atom. The molecule has 0 aliphatic carbocycles. The van der Waals surface area contributed by atoms with E-state index in [9.17, 15) is 0 Å². The molecule has 5 heteroatoms. The summed E-state index contributed by atoms with van der Waals surface area (Å²) in [5.74, 6) is 1.41. The molecule has 3 nitrogen and oxygen atoms in total. The van der Waals surface area contributed by atoms with Crippen LogP contribution in [0.3, 0.4) is 0 Å². The van der Waals surface area contributed by atoms with Crippen molar-refractivity contribution in [2.75, 3.05) is 11.4 Å². The molecule has 0 aromatic carbocycles. The second kappa shape index (κ2) is 4.94. The Kier molecular flexibility index (Phi) is 4.13. The summed E-state index contributed by atoms with van der Waals surface area (Å²) >= 11 is 7.12. The van der Waals surface area contributed by atoms with Gasteiger partial charge in [0.15, 0.2) is 11.0 Å². The SMILES string of the molecule is CC(C)CN(c1nsnc1Cl)C(C)C. The number of hydrogen-bond acceptors (Lipinski definition) is 4. The van der Waals surface area contributed by atoms with E-state index >= 15 is 0 Å². The molecule has 1 aromatic rings. The van der Waals surface area contributed by atoms with Crippen molar-refractivity contribution >= 4 is 29.1 Å². The summed E-state index contributed by atoms with van der Waals surface area (Å²) in [6.07, 6.45) is 0. The van der Waals surface area contributed by atoms with Crippen molar-refractivity contribution in [2.24, 2.45) is 5.92 Å². The van der Waals surface area contributed by atoms with Gasteiger partial charge in [0.25, 0.3) is 0 Å². The van der Waals surface area contributed by atoms with E-state index in [1.54, 1.807) is 0 Å². The highest BCUT2D eigenvalue weighted by atomic mass is 35.5. The number of halogens is 1. The van der Waals surface area contributed by atoms with E-state index in [0.717, 1.165) is 12.4 Å². The largest absolute Gasteiger partial charge is 0.350 e. The lowest BCUT2D eigenvalue weighted by Crippen LogP contribution is -2.34. The van der Waals surface area contributed by atoms with E-state index in [2.05, 4.69) is 41.3 Å². The quantitative estimate of drug-likeness (QED) is 0.801. The molecule has 80 valence electrons. The summed E-state index contributed by atoms with van der Waals surface area (Å²) in [4.78, 5) is 2.19. The van der Waals surface area contributed by atoms with E-state index in [1.165, 1.54) is 11.7 Å². The van der Waals surface area contributed by atoms with Gasteiger partial charge < -0.3 is 4.90 Å². The zero-order valence-corrected chi connectivity index (χ0v) is 10.6. The number of aromatic nitrogens is 2. The third-order valence-corrected chi connectivity index (χ3v) is 2.76. The Balaban J connectivity index is 2.83. The molecule has 1 aromatic heterocycles. The maximum absolute atomic E-state index is 5.96. The fourth-order valence-corrected chi connectivity index (χ4v) is 2.04. The van der Waals surface area contributed by atoms with Gasteiger partial charge >= 0.3 is 0 Å². The van der Waals surface area contributed by atoms with Crippen molar-refractivity contribution in [3.05, 3.63) is 5.15 Å². The minimum Gasteiger partial charge on any atom is -0.350 e. The summed E-state index contributed by atoms with van der Waals surface area (Å²) in [7, 11) is 0. The van der Waals surface area contributed by atoms with Gasteiger partial charge in [-0.05, 0) is 19.8 Å². The second-order valence-electron chi connectivity index (χ2n) is 4.02. The third-order valence-electron chi connectivity index (χ3n) is 1.89. The molecule has 14 heavy (non-hydrogen) atoms. The van der Waals surface area contributed by atoms with Gasteiger partial charge in [-0.25, -0.2) is 0 Å². The topological polar surface area (TPSA) is 29.0 Å². The normalized spacial score (nSPS) is 11.4. The Bertz CT molecular complexity index is 285. The van der Waals surface area contributed by atoms with Gasteiger partial charge in [0, 0.05) is 12.6 Å². The first-order valence-corrected chi connectivity index (χ1v) is 5.88. The van der Waals surface area contributed by atoms with Crippen LogP contribution in [0.15, 0.2) is 0 Å². The van der Waals surface area contributed by atoms with Crippen molar-refractivity contribution in [3.63, 3.8) is 0 Å². The van der Waals surface area contributed by atoms with Crippen LogP contribution in [0.1, 0.15) is 27.7 Å². The van der Waals surface area contributed by atoms with Gasteiger partial charge in [-0.1, -0.05) is 25.4 Å². The molecule has 0 N–H and O–H groups in total. The summed E-state index contributed by atoms with van der Waals surface area (Å²) in [5.41, 5.74) is 0. The van der Waals surface area contributed by atoms with Gasteiger partial charge in [0.2, 0.25) is 0 Å². The Morgan fingerprint density at radius 3 is 2.29 bits per heavy atom. The highest BCUT2D eigenvalue weighted by Crippen LogP contribution is 2.25. The maximum atomic E-state index is 5.96. The van der Waals surface area contributed by atoms with Gasteiger partial charge in [0.05, 0.1) is 11.7 Å². The Labute approximate surface area is 94.4 Å². The second-order valence-corrected chi connectivity index (χ2v) is 4.91. The molecule has 0 spiro atoms. The average molecular weight is 234 g/mol. The fourth-order valence-electron chi connectivity index (χ4n) is 1.28. The molecule has 0 saturated heterocycles. The Morgan fingerprint density at radius 1 is 1.29 bits per heavy atom. The molecule has 0 fully saturated rings. The first-order chi connectivity index (χ1) is 6.52. The zero-order chi connectivity index (χ0) is 10.7. The van der Waals surface area contributed by atoms with Crippen LogP contribution in [-0.2, 0) is 0 Å². The maximum Gasteiger partial charge on any atom is 0.187 e. The monoisotopic (exact) mass is 233 g/mol. The lowest BCUT2D eigenvalue weighted by molar-refractivity contribution is 0.567. The van der Waals surface area contributed by atoms with E-state index in [4.69, 9.17) is 11.6 Å². The van der Waals surface area contributed by atoms with Crippen molar-refractivity contribution in [1.82, 2.24) is 8.75 Å². The molecule has 0 amide bonds. The average Bonchev–Trinajstić information content (AvgIpc) is 2.46. The molecular formula is C9H16ClN3S. The number of rotatable bonds is 4. The molecular weight excluding hydrogens is 218 g/mol. The highest BCUT2D eigenvalue weighted by Gasteiger charge is 2.18. The molecule has 1 heterocycles. The van der Waals surface area contributed by atoms with Crippen LogP contribution in [0, 0.1) is 5.92 Å². The summed E-state index contributed by atoms with van der Waals surface area (Å²) in [6, 6.07) is 0.402. The van der Waals surface area contributed by atoms with Gasteiger partial charge in [-0.3, -0.25) is 0 Å². The van der Waals surface area contributed by atoms with E-state index in [0.29, 0.717) is 17.1 Å². The van der Waals surface area contributed by atoms with Crippen LogP contribution in [0.25, 0.3) is 0 Å². The molecule has 0 saturated carbocycles. The third kappa shape index (κ3) is 2.82. The van der Waals surface area contributed by atoms with Crippen LogP contribution in [-0.4, -0.2) is 21.3 Å². The van der Waals surface area contributed by atoms with Gasteiger partial charge in [0.1, 0.15) is 0 Å². The van der Waals surface area contributed by atoms with Crippen LogP contribution in [0.5, 0.6) is 0 Å². The molecule has 0 atom stereocenters. The van der Waals surface area contributed by atoms with E-state index in [1.807, 2.05) is 0 Å². The number of nitrogens with zero attached hydrogens (tertiary/aromatic N) is 3. The Hall–Kier alpha value is -0.350. The molecule has 0 radical (unpaired) electrons. The molecule has 0 bridgehead atoms. The summed E-state index contributed by atoms with van der Waals surface area (Å²) in [5, 5.41) is 0.518. The standard InChI is InChI=1S/C9H16ClN3S/c1-6(2)5-13(7(3)4)9-8(10)11-14-12-9/h6-7H,5H2,1-4H3. The molecule has 0 aliphatic heterocycles. The predicted molar refractivity (Wildman–Crippen MR) is 62.2 cm³/mol. The van der Waals surface area contributed by atoms with E-state index < -0.39 is 0 Å². The predicted octanol–water partition coefficient (Wildman–Crippen LogP) is 3.06. The van der Waals surface area contributed by atoms with Crippen molar-refractivity contribution < 1.29 is 0 Å². The first kappa shape index (κ1) is 11.7. The number of hydrogen-bond donors (Lipinski definition) is 0. The van der Waals surface area contributed by atoms with Gasteiger partial charge in [-0.2, -0.15) is 8.75 Å². The van der Waals surface area contributed by atoms with Gasteiger partial charge in [-0.15, -0.1) is 0 Å². The lowest BCUT2D eigenvalue weighted by Gasteiger charge is -2.28. The minimum atomic E-state index is 0.402. The lowest BCUT2D eigenvalue weighted by atomic mass is 10.2. The van der Waals surface area contributed by atoms with Crippen LogP contribution in [0.4, 0.5) is 5.82 Å². The minimum absolute atomic E-state index is 0.402. The highest BCUT2D eigenvalue weighted by molar-refractivity contribution is 6.99. The van der Waals surface area contributed by atoms with Crippen LogP contribution < -0.4 is 4.90 Å². The first-order valence-electron chi connectivity index (χ1n) is 4.77. The summed E-state index contributed by atoms with van der Waals surface area (Å²) < 4.78 is 8.20. The van der Waals surface area contributed by atoms with Crippen LogP contribution >= 0.6 is 23.3 Å². The zero-order valence-electron chi connectivity index (χ0n) is 8.99. The molecule has 0 unspecified atom stereocenters. The molecule has 1 rings (SSSR count). The number of anilines is 1. The van der Waals surface area contributed by atoms with E-state index in [-0.39, 0.29) is 0 Å².